The van der Waals surface area contributed by atoms with Crippen LogP contribution in [0.3, 0.4) is 0 Å². The number of benzene rings is 2. The highest BCUT2D eigenvalue weighted by molar-refractivity contribution is 5.88. The van der Waals surface area contributed by atoms with Crippen LogP contribution in [0.15, 0.2) is 42.6 Å². The molecule has 5 heteroatoms. The van der Waals surface area contributed by atoms with Gasteiger partial charge in [-0.25, -0.2) is 0 Å². The number of aliphatic carboxylic acids is 1. The van der Waals surface area contributed by atoms with Gasteiger partial charge in [0.15, 0.2) is 0 Å². The first-order valence-electron chi connectivity index (χ1n) is 10.3. The number of fused-ring (bicyclic) bond motifs is 1. The van der Waals surface area contributed by atoms with Gasteiger partial charge in [0, 0.05) is 36.1 Å². The number of rotatable bonds is 7. The number of hydrogen-bond acceptors (Lipinski definition) is 3. The standard InChI is InChI=1S/C24H28N2O3/c1-26-11-10-19-14-18(7-8-22(19)26)20-12-17(6-9-23(27)28)13-21(25)24(20)29-15-16-4-2-3-5-16/h7-8,10-14,16H,2-6,9,15,25H2,1H3,(H,27,28). The molecule has 0 aliphatic heterocycles. The van der Waals surface area contributed by atoms with E-state index in [0.717, 1.165) is 27.6 Å². The number of ether oxygens (including phenoxy) is 1. The first kappa shape index (κ1) is 19.4. The molecule has 0 saturated heterocycles. The summed E-state index contributed by atoms with van der Waals surface area (Å²) in [6.07, 6.45) is 7.54. The molecule has 1 saturated carbocycles. The monoisotopic (exact) mass is 392 g/mol. The summed E-state index contributed by atoms with van der Waals surface area (Å²) >= 11 is 0. The SMILES string of the molecule is Cn1ccc2cc(-c3cc(CCC(=O)O)cc(N)c3OCC3CCCC3)ccc21. The van der Waals surface area contributed by atoms with E-state index < -0.39 is 5.97 Å². The highest BCUT2D eigenvalue weighted by Crippen LogP contribution is 2.39. The number of aromatic nitrogens is 1. The van der Waals surface area contributed by atoms with Crippen molar-refractivity contribution in [1.29, 1.82) is 0 Å². The average Bonchev–Trinajstić information content (AvgIpc) is 3.35. The third-order valence-electron chi connectivity index (χ3n) is 5.94. The van der Waals surface area contributed by atoms with Crippen LogP contribution in [0, 0.1) is 5.92 Å². The zero-order valence-electron chi connectivity index (χ0n) is 16.9. The summed E-state index contributed by atoms with van der Waals surface area (Å²) in [4.78, 5) is 11.0. The Labute approximate surface area is 171 Å². The van der Waals surface area contributed by atoms with Gasteiger partial charge in [0.25, 0.3) is 0 Å². The van der Waals surface area contributed by atoms with Crippen molar-refractivity contribution in [2.75, 3.05) is 12.3 Å². The molecule has 0 amide bonds. The molecule has 1 heterocycles. The molecule has 3 aromatic rings. The molecule has 0 radical (unpaired) electrons. The van der Waals surface area contributed by atoms with E-state index in [0.29, 0.717) is 30.4 Å². The maximum absolute atomic E-state index is 11.0. The Balaban J connectivity index is 1.72. The lowest BCUT2D eigenvalue weighted by atomic mass is 9.97. The third kappa shape index (κ3) is 4.24. The highest BCUT2D eigenvalue weighted by atomic mass is 16.5. The molecule has 1 aliphatic rings. The summed E-state index contributed by atoms with van der Waals surface area (Å²) in [5, 5.41) is 10.2. The number of carbonyl (C=O) groups is 1. The molecule has 0 unspecified atom stereocenters. The summed E-state index contributed by atoms with van der Waals surface area (Å²) in [5.74, 6) is 0.495. The van der Waals surface area contributed by atoms with Crippen LogP contribution < -0.4 is 10.5 Å². The lowest BCUT2D eigenvalue weighted by molar-refractivity contribution is -0.136. The molecule has 0 bridgehead atoms. The van der Waals surface area contributed by atoms with Gasteiger partial charge in [-0.3, -0.25) is 4.79 Å². The Bertz CT molecular complexity index is 1030. The van der Waals surface area contributed by atoms with Gasteiger partial charge in [0.2, 0.25) is 0 Å². The van der Waals surface area contributed by atoms with Gasteiger partial charge in [-0.15, -0.1) is 0 Å². The second kappa shape index (κ2) is 8.19. The molecule has 152 valence electrons. The minimum Gasteiger partial charge on any atom is -0.490 e. The van der Waals surface area contributed by atoms with Crippen molar-refractivity contribution in [3.63, 3.8) is 0 Å². The van der Waals surface area contributed by atoms with Gasteiger partial charge in [-0.2, -0.15) is 0 Å². The number of anilines is 1. The van der Waals surface area contributed by atoms with E-state index in [9.17, 15) is 4.79 Å². The summed E-state index contributed by atoms with van der Waals surface area (Å²) in [6, 6.07) is 12.3. The van der Waals surface area contributed by atoms with E-state index in [4.69, 9.17) is 15.6 Å². The Hall–Kier alpha value is -2.95. The van der Waals surface area contributed by atoms with Crippen molar-refractivity contribution < 1.29 is 14.6 Å². The fourth-order valence-electron chi connectivity index (χ4n) is 4.31. The summed E-state index contributed by atoms with van der Waals surface area (Å²) < 4.78 is 8.35. The maximum atomic E-state index is 11.0. The van der Waals surface area contributed by atoms with Gasteiger partial charge in [-0.1, -0.05) is 18.9 Å². The van der Waals surface area contributed by atoms with Gasteiger partial charge in [-0.05, 0) is 66.6 Å². The van der Waals surface area contributed by atoms with Crippen LogP contribution >= 0.6 is 0 Å². The summed E-state index contributed by atoms with van der Waals surface area (Å²) in [6.45, 7) is 0.680. The topological polar surface area (TPSA) is 77.5 Å². The Morgan fingerprint density at radius 1 is 1.21 bits per heavy atom. The fourth-order valence-corrected chi connectivity index (χ4v) is 4.31. The lowest BCUT2D eigenvalue weighted by Crippen LogP contribution is -2.10. The van der Waals surface area contributed by atoms with E-state index in [1.165, 1.54) is 25.7 Å². The summed E-state index contributed by atoms with van der Waals surface area (Å²) in [5.41, 5.74) is 11.0. The van der Waals surface area contributed by atoms with Crippen LogP contribution in [0.25, 0.3) is 22.0 Å². The molecule has 0 atom stereocenters. The first-order chi connectivity index (χ1) is 14.0. The fraction of sp³-hybridized carbons (Fsp3) is 0.375. The van der Waals surface area contributed by atoms with Crippen molar-refractivity contribution in [1.82, 2.24) is 4.57 Å². The van der Waals surface area contributed by atoms with Crippen molar-refractivity contribution in [2.24, 2.45) is 13.0 Å². The number of nitrogens with two attached hydrogens (primary N) is 1. The molecule has 29 heavy (non-hydrogen) atoms. The van der Waals surface area contributed by atoms with Crippen molar-refractivity contribution in [3.05, 3.63) is 48.2 Å². The zero-order chi connectivity index (χ0) is 20.4. The molecule has 5 nitrogen and oxygen atoms in total. The molecular formula is C24H28N2O3. The Morgan fingerprint density at radius 3 is 2.76 bits per heavy atom. The number of hydrogen-bond donors (Lipinski definition) is 2. The van der Waals surface area contributed by atoms with Gasteiger partial charge in [0.1, 0.15) is 5.75 Å². The van der Waals surface area contributed by atoms with Gasteiger partial charge in [0.05, 0.1) is 12.3 Å². The van der Waals surface area contributed by atoms with Crippen LogP contribution in [0.2, 0.25) is 0 Å². The largest absolute Gasteiger partial charge is 0.490 e. The maximum Gasteiger partial charge on any atom is 0.303 e. The molecular weight excluding hydrogens is 364 g/mol. The highest BCUT2D eigenvalue weighted by Gasteiger charge is 2.19. The quantitative estimate of drug-likeness (QED) is 0.554. The van der Waals surface area contributed by atoms with E-state index in [1.54, 1.807) is 0 Å². The second-order valence-corrected chi connectivity index (χ2v) is 8.12. The summed E-state index contributed by atoms with van der Waals surface area (Å²) in [7, 11) is 2.03. The van der Waals surface area contributed by atoms with Gasteiger partial charge < -0.3 is 20.1 Å². The molecule has 1 fully saturated rings. The number of nitrogens with zero attached hydrogens (tertiary/aromatic N) is 1. The van der Waals surface area contributed by atoms with Gasteiger partial charge >= 0.3 is 5.97 Å². The molecule has 4 rings (SSSR count). The van der Waals surface area contributed by atoms with E-state index in [2.05, 4.69) is 28.8 Å². The van der Waals surface area contributed by atoms with Crippen LogP contribution in [0.5, 0.6) is 5.75 Å². The van der Waals surface area contributed by atoms with Crippen molar-refractivity contribution in [2.45, 2.75) is 38.5 Å². The molecule has 1 aromatic heterocycles. The Kier molecular flexibility index (Phi) is 5.47. The number of nitrogen functional groups attached to an aromatic ring is 1. The van der Waals surface area contributed by atoms with E-state index in [-0.39, 0.29) is 6.42 Å². The lowest BCUT2D eigenvalue weighted by Gasteiger charge is -2.18. The number of carboxylic acids is 1. The second-order valence-electron chi connectivity index (χ2n) is 8.12. The van der Waals surface area contributed by atoms with Crippen LogP contribution in [0.4, 0.5) is 5.69 Å². The molecule has 1 aliphatic carbocycles. The van der Waals surface area contributed by atoms with Crippen LogP contribution in [-0.2, 0) is 18.3 Å². The van der Waals surface area contributed by atoms with Crippen molar-refractivity contribution >= 4 is 22.6 Å². The predicted octanol–water partition coefficient (Wildman–Crippen LogP) is 5.01. The minimum atomic E-state index is -0.808. The van der Waals surface area contributed by atoms with E-state index in [1.807, 2.05) is 25.4 Å². The normalized spacial score (nSPS) is 14.5. The van der Waals surface area contributed by atoms with Crippen LogP contribution in [-0.4, -0.2) is 22.2 Å². The smallest absolute Gasteiger partial charge is 0.303 e. The third-order valence-corrected chi connectivity index (χ3v) is 5.94. The molecule has 3 N–H and O–H groups in total. The van der Waals surface area contributed by atoms with Crippen molar-refractivity contribution in [3.8, 4) is 16.9 Å². The Morgan fingerprint density at radius 2 is 2.00 bits per heavy atom. The first-order valence-corrected chi connectivity index (χ1v) is 10.3. The number of aryl methyl sites for hydroxylation is 2. The minimum absolute atomic E-state index is 0.0822. The average molecular weight is 392 g/mol. The van der Waals surface area contributed by atoms with Crippen LogP contribution in [0.1, 0.15) is 37.7 Å². The molecule has 0 spiro atoms. The number of carboxylic acid groups (broad SMARTS) is 1. The van der Waals surface area contributed by atoms with E-state index >= 15 is 0 Å². The predicted molar refractivity (Wildman–Crippen MR) is 116 cm³/mol. The zero-order valence-corrected chi connectivity index (χ0v) is 16.9. The molecule has 2 aromatic carbocycles.